The lowest BCUT2D eigenvalue weighted by Gasteiger charge is -2.21. The molecule has 2 heterocycles. The van der Waals surface area contributed by atoms with Crippen LogP contribution in [0.2, 0.25) is 5.02 Å². The van der Waals surface area contributed by atoms with Crippen molar-refractivity contribution in [2.75, 3.05) is 6.54 Å². The van der Waals surface area contributed by atoms with E-state index in [2.05, 4.69) is 20.5 Å². The van der Waals surface area contributed by atoms with Crippen LogP contribution in [-0.4, -0.2) is 40.8 Å². The second kappa shape index (κ2) is 8.17. The van der Waals surface area contributed by atoms with Crippen molar-refractivity contribution < 1.29 is 45.4 Å². The molecule has 1 aliphatic heterocycles. The summed E-state index contributed by atoms with van der Waals surface area (Å²) in [6.45, 7) is -0.182. The van der Waals surface area contributed by atoms with Gasteiger partial charge in [0.15, 0.2) is 6.10 Å². The Morgan fingerprint density at radius 1 is 1.29 bits per heavy atom. The minimum atomic E-state index is -5.02. The predicted octanol–water partition coefficient (Wildman–Crippen LogP) is 3.23. The molecule has 0 radical (unpaired) electrons. The fraction of sp³-hybridized carbons (Fsp3) is 0.312. The Balaban J connectivity index is 1.93. The normalized spacial score (nSPS) is 17.6. The van der Waals surface area contributed by atoms with Crippen molar-refractivity contribution in [3.8, 4) is 5.75 Å². The van der Waals surface area contributed by atoms with Crippen LogP contribution in [0.1, 0.15) is 17.2 Å². The van der Waals surface area contributed by atoms with Gasteiger partial charge >= 0.3 is 18.8 Å². The highest BCUT2D eigenvalue weighted by Crippen LogP contribution is 2.34. The number of amides is 2. The zero-order valence-corrected chi connectivity index (χ0v) is 15.7. The maximum Gasteiger partial charge on any atom is 0.573 e. The van der Waals surface area contributed by atoms with Crippen molar-refractivity contribution in [3.63, 3.8) is 0 Å². The Bertz CT molecular complexity index is 993. The standard InChI is InChI=1S/C16H11ClF6N4O4/c17-9-3-7(1-2-10(9)31-16(21,22)23)12(8-4-25-27(6-8)15(18,19)20)26-13(28)11-5-24-14(29)30-11/h1-4,6,11-12H,5H2,(H,24,29)(H,26,28)/t11-,12?/m0/s1. The zero-order chi connectivity index (χ0) is 23.0. The molecule has 1 saturated heterocycles. The number of alkyl carbamates (subject to hydrolysis) is 1. The Hall–Kier alpha value is -3.16. The molecule has 15 heteroatoms. The summed E-state index contributed by atoms with van der Waals surface area (Å²) in [5.74, 6) is -1.61. The molecule has 2 N–H and O–H groups in total. The number of halogens is 7. The van der Waals surface area contributed by atoms with Gasteiger partial charge in [-0.25, -0.2) is 4.79 Å². The minimum Gasteiger partial charge on any atom is -0.434 e. The summed E-state index contributed by atoms with van der Waals surface area (Å²) >= 11 is 5.81. The van der Waals surface area contributed by atoms with E-state index < -0.39 is 47.6 Å². The smallest absolute Gasteiger partial charge is 0.434 e. The van der Waals surface area contributed by atoms with Gasteiger partial charge in [-0.05, 0) is 17.7 Å². The fourth-order valence-electron chi connectivity index (χ4n) is 2.66. The lowest BCUT2D eigenvalue weighted by molar-refractivity contribution is -0.274. The van der Waals surface area contributed by atoms with Crippen LogP contribution in [0, 0.1) is 0 Å². The first kappa shape index (κ1) is 22.5. The minimum absolute atomic E-state index is 0.0203. The van der Waals surface area contributed by atoms with E-state index in [9.17, 15) is 35.9 Å². The number of ether oxygens (including phenoxy) is 2. The summed E-state index contributed by atoms with van der Waals surface area (Å²) in [7, 11) is 0. The van der Waals surface area contributed by atoms with Gasteiger partial charge in [0.25, 0.3) is 5.91 Å². The number of carbonyl (C=O) groups is 2. The molecule has 2 amide bonds. The number of hydrogen-bond donors (Lipinski definition) is 2. The number of benzene rings is 1. The second-order valence-corrected chi connectivity index (χ2v) is 6.55. The maximum absolute atomic E-state index is 12.9. The van der Waals surface area contributed by atoms with Gasteiger partial charge in [-0.15, -0.1) is 26.3 Å². The molecule has 1 aromatic heterocycles. The van der Waals surface area contributed by atoms with Crippen molar-refractivity contribution >= 4 is 23.6 Å². The molecule has 1 unspecified atom stereocenters. The van der Waals surface area contributed by atoms with Gasteiger partial charge in [-0.1, -0.05) is 17.7 Å². The molecular weight excluding hydrogens is 462 g/mol. The third-order valence-electron chi connectivity index (χ3n) is 3.97. The van der Waals surface area contributed by atoms with Crippen LogP contribution in [0.5, 0.6) is 5.75 Å². The predicted molar refractivity (Wildman–Crippen MR) is 89.9 cm³/mol. The highest BCUT2D eigenvalue weighted by atomic mass is 35.5. The number of cyclic esters (lactones) is 1. The van der Waals surface area contributed by atoms with Crippen molar-refractivity contribution in [1.82, 2.24) is 20.4 Å². The highest BCUT2D eigenvalue weighted by molar-refractivity contribution is 6.32. The average Bonchev–Trinajstić information content (AvgIpc) is 3.29. The molecule has 1 aromatic carbocycles. The monoisotopic (exact) mass is 472 g/mol. The molecule has 1 aliphatic rings. The van der Waals surface area contributed by atoms with Gasteiger partial charge in [0, 0.05) is 11.8 Å². The molecule has 8 nitrogen and oxygen atoms in total. The van der Waals surface area contributed by atoms with Crippen molar-refractivity contribution in [1.29, 1.82) is 0 Å². The molecular formula is C16H11ClF6N4O4. The summed E-state index contributed by atoms with van der Waals surface area (Å²) < 4.78 is 84.1. The molecule has 1 fully saturated rings. The van der Waals surface area contributed by atoms with Gasteiger partial charge in [-0.3, -0.25) is 4.79 Å². The lowest BCUT2D eigenvalue weighted by atomic mass is 10.0. The first-order chi connectivity index (χ1) is 14.3. The molecule has 3 rings (SSSR count). The van der Waals surface area contributed by atoms with Gasteiger partial charge < -0.3 is 20.1 Å². The number of nitrogens with zero attached hydrogens (tertiary/aromatic N) is 2. The van der Waals surface area contributed by atoms with Gasteiger partial charge in [-0.2, -0.15) is 9.78 Å². The largest absolute Gasteiger partial charge is 0.573 e. The number of hydrogen-bond acceptors (Lipinski definition) is 5. The molecule has 0 bridgehead atoms. The van der Waals surface area contributed by atoms with E-state index in [0.29, 0.717) is 6.20 Å². The number of nitrogens with one attached hydrogen (secondary N) is 2. The van der Waals surface area contributed by atoms with Crippen LogP contribution in [0.4, 0.5) is 31.1 Å². The van der Waals surface area contributed by atoms with E-state index in [1.165, 1.54) is 0 Å². The van der Waals surface area contributed by atoms with Crippen molar-refractivity contribution in [2.24, 2.45) is 0 Å². The summed E-state index contributed by atoms with van der Waals surface area (Å²) in [5.41, 5.74) is -0.143. The quantitative estimate of drug-likeness (QED) is 0.652. The van der Waals surface area contributed by atoms with Crippen LogP contribution < -0.4 is 15.4 Å². The van der Waals surface area contributed by atoms with E-state index in [1.807, 2.05) is 0 Å². The molecule has 31 heavy (non-hydrogen) atoms. The van der Waals surface area contributed by atoms with E-state index in [1.54, 1.807) is 0 Å². The second-order valence-electron chi connectivity index (χ2n) is 6.14. The van der Waals surface area contributed by atoms with Crippen LogP contribution >= 0.6 is 11.6 Å². The molecule has 2 aromatic rings. The zero-order valence-electron chi connectivity index (χ0n) is 14.9. The van der Waals surface area contributed by atoms with E-state index in [0.717, 1.165) is 24.4 Å². The third kappa shape index (κ3) is 5.51. The number of alkyl halides is 6. The molecule has 0 spiro atoms. The van der Waals surface area contributed by atoms with E-state index in [4.69, 9.17) is 16.3 Å². The summed E-state index contributed by atoms with van der Waals surface area (Å²) in [6.07, 6.45) is -10.6. The average molecular weight is 473 g/mol. The van der Waals surface area contributed by atoms with Crippen LogP contribution in [0.15, 0.2) is 30.6 Å². The van der Waals surface area contributed by atoms with Crippen LogP contribution in [-0.2, 0) is 15.8 Å². The van der Waals surface area contributed by atoms with Crippen molar-refractivity contribution in [3.05, 3.63) is 46.7 Å². The van der Waals surface area contributed by atoms with Gasteiger partial charge in [0.2, 0.25) is 0 Å². The number of aromatic nitrogens is 2. The van der Waals surface area contributed by atoms with Gasteiger partial charge in [0.05, 0.1) is 23.8 Å². The van der Waals surface area contributed by atoms with E-state index >= 15 is 0 Å². The summed E-state index contributed by atoms with van der Waals surface area (Å²) in [4.78, 5) is 23.5. The summed E-state index contributed by atoms with van der Waals surface area (Å²) in [5, 5.41) is 7.27. The number of carbonyl (C=O) groups excluding carboxylic acids is 2. The molecule has 0 aliphatic carbocycles. The Morgan fingerprint density at radius 2 is 2.00 bits per heavy atom. The lowest BCUT2D eigenvalue weighted by Crippen LogP contribution is -2.39. The summed E-state index contributed by atoms with van der Waals surface area (Å²) in [6, 6.07) is 1.58. The molecule has 2 atom stereocenters. The fourth-order valence-corrected chi connectivity index (χ4v) is 2.89. The topological polar surface area (TPSA) is 94.5 Å². The Kier molecular flexibility index (Phi) is 5.93. The van der Waals surface area contributed by atoms with Crippen LogP contribution in [0.3, 0.4) is 0 Å². The van der Waals surface area contributed by atoms with Crippen molar-refractivity contribution in [2.45, 2.75) is 24.8 Å². The Labute approximate surface area is 174 Å². The molecule has 0 saturated carbocycles. The van der Waals surface area contributed by atoms with E-state index in [-0.39, 0.29) is 22.4 Å². The molecule has 168 valence electrons. The first-order valence-electron chi connectivity index (χ1n) is 8.25. The van der Waals surface area contributed by atoms with Gasteiger partial charge in [0.1, 0.15) is 5.75 Å². The first-order valence-corrected chi connectivity index (χ1v) is 8.63. The Morgan fingerprint density at radius 3 is 2.52 bits per heavy atom. The van der Waals surface area contributed by atoms with Crippen LogP contribution in [0.25, 0.3) is 0 Å². The maximum atomic E-state index is 12.9. The third-order valence-corrected chi connectivity index (χ3v) is 4.27. The highest BCUT2D eigenvalue weighted by Gasteiger charge is 2.35. The SMILES string of the molecule is O=C1NC[C@@H](C(=O)NC(c2ccc(OC(F)(F)F)c(Cl)c2)c2cnn(C(F)(F)F)c2)O1. The number of rotatable bonds is 5.